The van der Waals surface area contributed by atoms with Gasteiger partial charge in [0.1, 0.15) is 11.2 Å². The first kappa shape index (κ1) is 14.3. The van der Waals surface area contributed by atoms with Crippen molar-refractivity contribution in [1.82, 2.24) is 5.32 Å². The number of phenols is 1. The second kappa shape index (κ2) is 5.13. The smallest absolute Gasteiger partial charge is 0.313 e. The molecular weight excluding hydrogens is 262 g/mol. The maximum absolute atomic E-state index is 12.1. The molecule has 0 aliphatic carbocycles. The molecule has 108 valence electrons. The minimum atomic E-state index is -1.12. The van der Waals surface area contributed by atoms with Gasteiger partial charge in [-0.2, -0.15) is 0 Å². The number of hydrogen-bond acceptors (Lipinski definition) is 4. The van der Waals surface area contributed by atoms with E-state index in [1.54, 1.807) is 19.9 Å². The predicted molar refractivity (Wildman–Crippen MR) is 70.7 cm³/mol. The van der Waals surface area contributed by atoms with E-state index in [1.165, 1.54) is 12.1 Å². The molecule has 0 spiro atoms. The van der Waals surface area contributed by atoms with Crippen LogP contribution >= 0.6 is 0 Å². The van der Waals surface area contributed by atoms with Crippen LogP contribution in [0.4, 0.5) is 0 Å². The van der Waals surface area contributed by atoms with Gasteiger partial charge in [0.05, 0.1) is 19.3 Å². The van der Waals surface area contributed by atoms with Crippen molar-refractivity contribution >= 4 is 11.9 Å². The van der Waals surface area contributed by atoms with Crippen LogP contribution in [-0.4, -0.2) is 41.3 Å². The molecule has 6 nitrogen and oxygen atoms in total. The monoisotopic (exact) mass is 279 g/mol. The molecule has 0 radical (unpaired) electrons. The Labute approximate surface area is 116 Å². The summed E-state index contributed by atoms with van der Waals surface area (Å²) < 4.78 is 5.18. The summed E-state index contributed by atoms with van der Waals surface area (Å²) in [6.45, 7) is 3.48. The molecule has 1 aliphatic rings. The first-order valence-electron chi connectivity index (χ1n) is 6.26. The summed E-state index contributed by atoms with van der Waals surface area (Å²) in [5.74, 6) is -1.26. The van der Waals surface area contributed by atoms with Crippen LogP contribution in [0, 0.1) is 12.3 Å². The van der Waals surface area contributed by atoms with E-state index in [2.05, 4.69) is 5.32 Å². The average molecular weight is 279 g/mol. The largest absolute Gasteiger partial charge is 0.508 e. The zero-order chi connectivity index (χ0) is 14.9. The number of hydrogen-bond donors (Lipinski definition) is 3. The number of carboxylic acid groups (broad SMARTS) is 1. The standard InChI is InChI=1S/C14H17NO5/c1-8-5-9(3-4-10(8)16)12(17)15-11-6-20-7-14(11,2)13(18)19/h3-5,11,16H,6-7H2,1-2H3,(H,15,17)(H,18,19). The van der Waals surface area contributed by atoms with E-state index in [0.717, 1.165) is 0 Å². The molecule has 1 fully saturated rings. The van der Waals surface area contributed by atoms with E-state index in [4.69, 9.17) is 4.74 Å². The number of aromatic hydroxyl groups is 1. The van der Waals surface area contributed by atoms with Crippen molar-refractivity contribution in [3.8, 4) is 5.75 Å². The molecule has 1 amide bonds. The van der Waals surface area contributed by atoms with Crippen LogP contribution < -0.4 is 5.32 Å². The number of benzene rings is 1. The average Bonchev–Trinajstić information content (AvgIpc) is 2.75. The zero-order valence-electron chi connectivity index (χ0n) is 11.3. The minimum Gasteiger partial charge on any atom is -0.508 e. The lowest BCUT2D eigenvalue weighted by Crippen LogP contribution is -2.49. The number of nitrogens with one attached hydrogen (secondary N) is 1. The van der Waals surface area contributed by atoms with Crippen LogP contribution in [0.5, 0.6) is 5.75 Å². The predicted octanol–water partition coefficient (Wildman–Crippen LogP) is 0.920. The third kappa shape index (κ3) is 2.46. The topological polar surface area (TPSA) is 95.9 Å². The Hall–Kier alpha value is -2.08. The molecule has 0 bridgehead atoms. The van der Waals surface area contributed by atoms with E-state index in [9.17, 15) is 19.8 Å². The van der Waals surface area contributed by atoms with Gasteiger partial charge in [-0.3, -0.25) is 9.59 Å². The van der Waals surface area contributed by atoms with Crippen LogP contribution in [-0.2, 0) is 9.53 Å². The van der Waals surface area contributed by atoms with E-state index >= 15 is 0 Å². The van der Waals surface area contributed by atoms with Gasteiger partial charge < -0.3 is 20.3 Å². The van der Waals surface area contributed by atoms with Gasteiger partial charge >= 0.3 is 5.97 Å². The number of ether oxygens (including phenoxy) is 1. The van der Waals surface area contributed by atoms with Crippen LogP contribution in [0.2, 0.25) is 0 Å². The molecular formula is C14H17NO5. The van der Waals surface area contributed by atoms with Crippen LogP contribution in [0.15, 0.2) is 18.2 Å². The van der Waals surface area contributed by atoms with Gasteiger partial charge in [0, 0.05) is 5.56 Å². The molecule has 2 atom stereocenters. The van der Waals surface area contributed by atoms with Gasteiger partial charge in [-0.25, -0.2) is 0 Å². The Morgan fingerprint density at radius 1 is 1.45 bits per heavy atom. The second-order valence-corrected chi connectivity index (χ2v) is 5.27. The van der Waals surface area contributed by atoms with Crippen LogP contribution in [0.25, 0.3) is 0 Å². The third-order valence-corrected chi connectivity index (χ3v) is 3.71. The number of rotatable bonds is 3. The quantitative estimate of drug-likeness (QED) is 0.764. The SMILES string of the molecule is Cc1cc(C(=O)NC2COCC2(C)C(=O)O)ccc1O. The van der Waals surface area contributed by atoms with Crippen molar-refractivity contribution in [3.63, 3.8) is 0 Å². The van der Waals surface area contributed by atoms with Crippen molar-refractivity contribution < 1.29 is 24.5 Å². The summed E-state index contributed by atoms with van der Waals surface area (Å²) in [6.07, 6.45) is 0. The highest BCUT2D eigenvalue weighted by Crippen LogP contribution is 2.29. The summed E-state index contributed by atoms with van der Waals surface area (Å²) in [5.41, 5.74) is -0.164. The summed E-state index contributed by atoms with van der Waals surface area (Å²) in [4.78, 5) is 23.4. The van der Waals surface area contributed by atoms with Gasteiger partial charge in [0.15, 0.2) is 0 Å². The lowest BCUT2D eigenvalue weighted by molar-refractivity contribution is -0.148. The van der Waals surface area contributed by atoms with E-state index in [0.29, 0.717) is 11.1 Å². The van der Waals surface area contributed by atoms with Gasteiger partial charge in [0.2, 0.25) is 0 Å². The maximum Gasteiger partial charge on any atom is 0.313 e. The molecule has 6 heteroatoms. The van der Waals surface area contributed by atoms with Crippen molar-refractivity contribution in [3.05, 3.63) is 29.3 Å². The molecule has 2 rings (SSSR count). The van der Waals surface area contributed by atoms with Gasteiger partial charge in [-0.05, 0) is 37.6 Å². The fraction of sp³-hybridized carbons (Fsp3) is 0.429. The molecule has 0 aromatic heterocycles. The van der Waals surface area contributed by atoms with Crippen LogP contribution in [0.3, 0.4) is 0 Å². The number of phenolic OH excluding ortho intramolecular Hbond substituents is 1. The third-order valence-electron chi connectivity index (χ3n) is 3.71. The normalized spacial score (nSPS) is 25.4. The molecule has 1 heterocycles. The summed E-state index contributed by atoms with van der Waals surface area (Å²) in [5, 5.41) is 21.4. The van der Waals surface area contributed by atoms with E-state index in [-0.39, 0.29) is 24.9 Å². The Morgan fingerprint density at radius 3 is 2.75 bits per heavy atom. The summed E-state index contributed by atoms with van der Waals surface area (Å²) >= 11 is 0. The zero-order valence-corrected chi connectivity index (χ0v) is 11.3. The second-order valence-electron chi connectivity index (χ2n) is 5.27. The molecule has 1 aliphatic heterocycles. The molecule has 20 heavy (non-hydrogen) atoms. The van der Waals surface area contributed by atoms with Gasteiger partial charge in [-0.1, -0.05) is 0 Å². The number of carboxylic acids is 1. The Kier molecular flexibility index (Phi) is 3.67. The molecule has 1 saturated heterocycles. The molecule has 3 N–H and O–H groups in total. The Bertz CT molecular complexity index is 556. The number of aliphatic carboxylic acids is 1. The molecule has 1 aromatic rings. The first-order valence-corrected chi connectivity index (χ1v) is 6.26. The number of amides is 1. The number of aryl methyl sites for hydroxylation is 1. The van der Waals surface area contributed by atoms with Crippen molar-refractivity contribution in [2.75, 3.05) is 13.2 Å². The Morgan fingerprint density at radius 2 is 2.15 bits per heavy atom. The fourth-order valence-corrected chi connectivity index (χ4v) is 2.12. The van der Waals surface area contributed by atoms with Crippen molar-refractivity contribution in [2.24, 2.45) is 5.41 Å². The minimum absolute atomic E-state index is 0.0713. The van der Waals surface area contributed by atoms with Gasteiger partial charge in [-0.15, -0.1) is 0 Å². The van der Waals surface area contributed by atoms with Crippen molar-refractivity contribution in [1.29, 1.82) is 0 Å². The lowest BCUT2D eigenvalue weighted by atomic mass is 9.85. The molecule has 1 aromatic carbocycles. The molecule has 2 unspecified atom stereocenters. The Balaban J connectivity index is 2.15. The lowest BCUT2D eigenvalue weighted by Gasteiger charge is -2.25. The molecule has 0 saturated carbocycles. The van der Waals surface area contributed by atoms with E-state index in [1.807, 2.05) is 0 Å². The highest BCUT2D eigenvalue weighted by molar-refractivity contribution is 5.95. The number of carbonyl (C=O) groups is 2. The summed E-state index contributed by atoms with van der Waals surface area (Å²) in [7, 11) is 0. The highest BCUT2D eigenvalue weighted by Gasteiger charge is 2.47. The van der Waals surface area contributed by atoms with Gasteiger partial charge in [0.25, 0.3) is 5.91 Å². The highest BCUT2D eigenvalue weighted by atomic mass is 16.5. The van der Waals surface area contributed by atoms with Crippen LogP contribution in [0.1, 0.15) is 22.8 Å². The summed E-state index contributed by atoms with van der Waals surface area (Å²) in [6, 6.07) is 3.90. The van der Waals surface area contributed by atoms with Crippen molar-refractivity contribution in [2.45, 2.75) is 19.9 Å². The first-order chi connectivity index (χ1) is 9.34. The fourth-order valence-electron chi connectivity index (χ4n) is 2.12. The maximum atomic E-state index is 12.1. The van der Waals surface area contributed by atoms with E-state index < -0.39 is 17.4 Å². The number of carbonyl (C=O) groups excluding carboxylic acids is 1.